The second-order valence-corrected chi connectivity index (χ2v) is 6.96. The molecule has 0 unspecified atom stereocenters. The fourth-order valence-electron chi connectivity index (χ4n) is 2.28. The summed E-state index contributed by atoms with van der Waals surface area (Å²) in [4.78, 5) is 0.312. The lowest BCUT2D eigenvalue weighted by molar-refractivity contribution is 0.110. The van der Waals surface area contributed by atoms with Crippen molar-refractivity contribution >= 4 is 10.0 Å². The molecule has 0 aliphatic carbocycles. The summed E-state index contributed by atoms with van der Waals surface area (Å²) in [5.41, 5.74) is 0. The SMILES string of the molecule is CCOCCOc1ccc(S(=O)(=O)N2CCCNCC2)cc1. The number of hydrogen-bond acceptors (Lipinski definition) is 5. The Kier molecular flexibility index (Phi) is 6.63. The number of nitrogens with one attached hydrogen (secondary N) is 1. The molecule has 1 N–H and O–H groups in total. The Labute approximate surface area is 132 Å². The van der Waals surface area contributed by atoms with Crippen molar-refractivity contribution < 1.29 is 17.9 Å². The predicted molar refractivity (Wildman–Crippen MR) is 84.7 cm³/mol. The molecule has 0 bridgehead atoms. The molecule has 22 heavy (non-hydrogen) atoms. The van der Waals surface area contributed by atoms with E-state index in [2.05, 4.69) is 5.32 Å². The molecular formula is C15H24N2O4S. The molecule has 1 aromatic carbocycles. The van der Waals surface area contributed by atoms with Gasteiger partial charge in [0.05, 0.1) is 11.5 Å². The van der Waals surface area contributed by atoms with Crippen LogP contribution in [-0.4, -0.2) is 58.7 Å². The standard InChI is InChI=1S/C15H24N2O4S/c1-2-20-12-13-21-14-4-6-15(7-5-14)22(18,19)17-10-3-8-16-9-11-17/h4-7,16H,2-3,8-13H2,1H3. The summed E-state index contributed by atoms with van der Waals surface area (Å²) in [7, 11) is -3.42. The second-order valence-electron chi connectivity index (χ2n) is 5.02. The summed E-state index contributed by atoms with van der Waals surface area (Å²) in [5.74, 6) is 0.649. The van der Waals surface area contributed by atoms with Crippen molar-refractivity contribution in [2.24, 2.45) is 0 Å². The first-order valence-corrected chi connectivity index (χ1v) is 9.10. The van der Waals surface area contributed by atoms with Gasteiger partial charge in [-0.05, 0) is 44.2 Å². The van der Waals surface area contributed by atoms with E-state index < -0.39 is 10.0 Å². The zero-order valence-electron chi connectivity index (χ0n) is 13.0. The maximum atomic E-state index is 12.6. The van der Waals surface area contributed by atoms with Gasteiger partial charge >= 0.3 is 0 Å². The van der Waals surface area contributed by atoms with Crippen LogP contribution in [0.25, 0.3) is 0 Å². The molecule has 1 aliphatic heterocycles. The van der Waals surface area contributed by atoms with Gasteiger partial charge in [-0.1, -0.05) is 0 Å². The number of hydrogen-bond donors (Lipinski definition) is 1. The van der Waals surface area contributed by atoms with E-state index in [0.717, 1.165) is 13.0 Å². The van der Waals surface area contributed by atoms with Crippen LogP contribution in [0.5, 0.6) is 5.75 Å². The molecule has 0 aromatic heterocycles. The molecule has 1 saturated heterocycles. The Hall–Kier alpha value is -1.15. The lowest BCUT2D eigenvalue weighted by Gasteiger charge is -2.19. The molecular weight excluding hydrogens is 304 g/mol. The van der Waals surface area contributed by atoms with E-state index in [1.807, 2.05) is 6.92 Å². The van der Waals surface area contributed by atoms with Crippen LogP contribution in [0.4, 0.5) is 0 Å². The molecule has 1 heterocycles. The van der Waals surface area contributed by atoms with Gasteiger partial charge in [0.2, 0.25) is 10.0 Å². The van der Waals surface area contributed by atoms with Crippen molar-refractivity contribution in [3.8, 4) is 5.75 Å². The van der Waals surface area contributed by atoms with E-state index in [4.69, 9.17) is 9.47 Å². The summed E-state index contributed by atoms with van der Waals surface area (Å²) in [6, 6.07) is 6.58. The van der Waals surface area contributed by atoms with Gasteiger partial charge in [-0.25, -0.2) is 8.42 Å². The van der Waals surface area contributed by atoms with Gasteiger partial charge in [-0.2, -0.15) is 4.31 Å². The maximum Gasteiger partial charge on any atom is 0.243 e. The number of nitrogens with zero attached hydrogens (tertiary/aromatic N) is 1. The molecule has 0 radical (unpaired) electrons. The summed E-state index contributed by atoms with van der Waals surface area (Å²) >= 11 is 0. The van der Waals surface area contributed by atoms with Crippen LogP contribution < -0.4 is 10.1 Å². The lowest BCUT2D eigenvalue weighted by atomic mass is 10.3. The highest BCUT2D eigenvalue weighted by Gasteiger charge is 2.24. The molecule has 1 aromatic rings. The van der Waals surface area contributed by atoms with Gasteiger partial charge in [-0.3, -0.25) is 0 Å². The lowest BCUT2D eigenvalue weighted by Crippen LogP contribution is -2.34. The molecule has 6 nitrogen and oxygen atoms in total. The molecule has 0 atom stereocenters. The van der Waals surface area contributed by atoms with Gasteiger partial charge in [0, 0.05) is 26.2 Å². The van der Waals surface area contributed by atoms with Crippen molar-refractivity contribution in [2.75, 3.05) is 46.0 Å². The van der Waals surface area contributed by atoms with Gasteiger partial charge in [0.1, 0.15) is 12.4 Å². The largest absolute Gasteiger partial charge is 0.491 e. The number of sulfonamides is 1. The highest BCUT2D eigenvalue weighted by Crippen LogP contribution is 2.20. The van der Waals surface area contributed by atoms with Crippen molar-refractivity contribution in [1.82, 2.24) is 9.62 Å². The molecule has 1 aliphatic rings. The molecule has 1 fully saturated rings. The Morgan fingerprint density at radius 1 is 1.14 bits per heavy atom. The van der Waals surface area contributed by atoms with Crippen molar-refractivity contribution in [2.45, 2.75) is 18.2 Å². The normalized spacial score (nSPS) is 17.1. The molecule has 124 valence electrons. The van der Waals surface area contributed by atoms with Crippen molar-refractivity contribution in [1.29, 1.82) is 0 Å². The maximum absolute atomic E-state index is 12.6. The van der Waals surface area contributed by atoms with E-state index in [-0.39, 0.29) is 0 Å². The number of ether oxygens (including phenoxy) is 2. The smallest absolute Gasteiger partial charge is 0.243 e. The minimum atomic E-state index is -3.42. The van der Waals surface area contributed by atoms with Crippen LogP contribution in [-0.2, 0) is 14.8 Å². The minimum absolute atomic E-state index is 0.312. The average Bonchev–Trinajstić information content (AvgIpc) is 2.82. The highest BCUT2D eigenvalue weighted by molar-refractivity contribution is 7.89. The molecule has 0 spiro atoms. The van der Waals surface area contributed by atoms with E-state index in [1.54, 1.807) is 24.3 Å². The monoisotopic (exact) mass is 328 g/mol. The van der Waals surface area contributed by atoms with E-state index in [1.165, 1.54) is 4.31 Å². The first kappa shape index (κ1) is 17.2. The Balaban J connectivity index is 1.98. The third-order valence-corrected chi connectivity index (χ3v) is 5.37. The molecule has 2 rings (SSSR count). The van der Waals surface area contributed by atoms with Gasteiger partial charge in [-0.15, -0.1) is 0 Å². The molecule has 0 saturated carbocycles. The van der Waals surface area contributed by atoms with E-state index in [9.17, 15) is 8.42 Å². The van der Waals surface area contributed by atoms with E-state index in [0.29, 0.717) is 50.1 Å². The topological polar surface area (TPSA) is 67.9 Å². The first-order chi connectivity index (χ1) is 10.6. The zero-order valence-corrected chi connectivity index (χ0v) is 13.8. The third kappa shape index (κ3) is 4.67. The van der Waals surface area contributed by atoms with Crippen LogP contribution >= 0.6 is 0 Å². The van der Waals surface area contributed by atoms with Gasteiger partial charge < -0.3 is 14.8 Å². The summed E-state index contributed by atoms with van der Waals surface area (Å²) < 4.78 is 37.4. The van der Waals surface area contributed by atoms with Crippen LogP contribution in [0.2, 0.25) is 0 Å². The van der Waals surface area contributed by atoms with Crippen LogP contribution in [0, 0.1) is 0 Å². The minimum Gasteiger partial charge on any atom is -0.491 e. The Morgan fingerprint density at radius 3 is 2.64 bits per heavy atom. The van der Waals surface area contributed by atoms with E-state index >= 15 is 0 Å². The van der Waals surface area contributed by atoms with Crippen LogP contribution in [0.15, 0.2) is 29.2 Å². The molecule has 0 amide bonds. The number of benzene rings is 1. The van der Waals surface area contributed by atoms with Crippen LogP contribution in [0.1, 0.15) is 13.3 Å². The first-order valence-electron chi connectivity index (χ1n) is 7.66. The summed E-state index contributed by atoms with van der Waals surface area (Å²) in [6.45, 7) is 6.19. The van der Waals surface area contributed by atoms with Crippen molar-refractivity contribution in [3.63, 3.8) is 0 Å². The fraction of sp³-hybridized carbons (Fsp3) is 0.600. The zero-order chi connectivity index (χ0) is 15.8. The summed E-state index contributed by atoms with van der Waals surface area (Å²) in [6.07, 6.45) is 0.831. The predicted octanol–water partition coefficient (Wildman–Crippen LogP) is 1.09. The van der Waals surface area contributed by atoms with Crippen LogP contribution in [0.3, 0.4) is 0 Å². The number of rotatable bonds is 7. The second kappa shape index (κ2) is 8.47. The van der Waals surface area contributed by atoms with Gasteiger partial charge in [0.25, 0.3) is 0 Å². The Bertz CT molecular complexity index is 537. The van der Waals surface area contributed by atoms with Crippen molar-refractivity contribution in [3.05, 3.63) is 24.3 Å². The van der Waals surface area contributed by atoms with Gasteiger partial charge in [0.15, 0.2) is 0 Å². The fourth-order valence-corrected chi connectivity index (χ4v) is 3.76. The quantitative estimate of drug-likeness (QED) is 0.759. The average molecular weight is 328 g/mol. The highest BCUT2D eigenvalue weighted by atomic mass is 32.2. The molecule has 7 heteroatoms. The third-order valence-electron chi connectivity index (χ3n) is 3.46. The Morgan fingerprint density at radius 2 is 1.91 bits per heavy atom. The summed E-state index contributed by atoms with van der Waals surface area (Å²) in [5, 5.41) is 3.21.